The molecule has 0 radical (unpaired) electrons. The Hall–Kier alpha value is -4.53. The van der Waals surface area contributed by atoms with E-state index >= 15 is 8.78 Å². The zero-order valence-corrected chi connectivity index (χ0v) is 25.0. The number of amides is 1. The summed E-state index contributed by atoms with van der Waals surface area (Å²) >= 11 is 0. The maximum atomic E-state index is 15.9. The summed E-state index contributed by atoms with van der Waals surface area (Å²) in [6.07, 6.45) is 4.86. The van der Waals surface area contributed by atoms with E-state index in [4.69, 9.17) is 9.72 Å². The Morgan fingerprint density at radius 1 is 0.977 bits per heavy atom. The van der Waals surface area contributed by atoms with E-state index in [2.05, 4.69) is 21.9 Å². The van der Waals surface area contributed by atoms with Crippen molar-refractivity contribution in [3.63, 3.8) is 0 Å². The van der Waals surface area contributed by atoms with Crippen LogP contribution in [0, 0.1) is 11.8 Å². The molecular formula is C35H33F2N5O2. The summed E-state index contributed by atoms with van der Waals surface area (Å²) in [5.41, 5.74) is 4.95. The fourth-order valence-corrected chi connectivity index (χ4v) is 7.66. The minimum Gasteiger partial charge on any atom is -0.444 e. The van der Waals surface area contributed by atoms with Crippen molar-refractivity contribution in [1.82, 2.24) is 24.8 Å². The zero-order chi connectivity index (χ0) is 30.5. The van der Waals surface area contributed by atoms with Crippen LogP contribution in [0.2, 0.25) is 0 Å². The SMILES string of the molecule is C[C@H]1[C@@H]2CC[C@H]1N(C(=O)OC(C)(C)C)[C@@H]2c1nc2ccc(-c3ccc4c(c3)C(F)(F)c3cc(-c5cnc[nH]5)ccc3-4)cc2[nH]1. The summed E-state index contributed by atoms with van der Waals surface area (Å²) in [4.78, 5) is 30.6. The molecule has 44 heavy (non-hydrogen) atoms. The molecule has 1 saturated carbocycles. The molecule has 4 atom stereocenters. The molecule has 1 aliphatic heterocycles. The fraction of sp³-hybridized carbons (Fsp3) is 0.343. The normalized spacial score (nSPS) is 23.3. The molecule has 2 N–H and O–H groups in total. The summed E-state index contributed by atoms with van der Waals surface area (Å²) < 4.78 is 37.6. The lowest BCUT2D eigenvalue weighted by Gasteiger charge is -2.35. The van der Waals surface area contributed by atoms with E-state index in [-0.39, 0.29) is 29.3 Å². The highest BCUT2D eigenvalue weighted by molar-refractivity contribution is 5.87. The van der Waals surface area contributed by atoms with Gasteiger partial charge in [-0.05, 0) is 92.0 Å². The number of imidazole rings is 2. The van der Waals surface area contributed by atoms with Crippen LogP contribution < -0.4 is 0 Å². The molecule has 224 valence electrons. The summed E-state index contributed by atoms with van der Waals surface area (Å²) in [6.45, 7) is 7.85. The third-order valence-corrected chi connectivity index (χ3v) is 9.67. The van der Waals surface area contributed by atoms with Gasteiger partial charge in [0.25, 0.3) is 5.92 Å². The van der Waals surface area contributed by atoms with Gasteiger partial charge in [-0.3, -0.25) is 4.90 Å². The molecular weight excluding hydrogens is 560 g/mol. The Morgan fingerprint density at radius 2 is 1.66 bits per heavy atom. The number of alkyl halides is 2. The molecule has 2 bridgehead atoms. The Labute approximate surface area is 253 Å². The molecule has 7 nitrogen and oxygen atoms in total. The van der Waals surface area contributed by atoms with Crippen LogP contribution in [0.5, 0.6) is 0 Å². The van der Waals surface area contributed by atoms with E-state index < -0.39 is 11.5 Å². The van der Waals surface area contributed by atoms with Gasteiger partial charge in [-0.2, -0.15) is 8.78 Å². The van der Waals surface area contributed by atoms with Crippen molar-refractivity contribution in [3.8, 4) is 33.5 Å². The number of nitrogens with zero attached hydrogens (tertiary/aromatic N) is 3. The quantitative estimate of drug-likeness (QED) is 0.220. The molecule has 2 aliphatic carbocycles. The summed E-state index contributed by atoms with van der Waals surface area (Å²) in [5.74, 6) is -1.75. The van der Waals surface area contributed by atoms with Crippen molar-refractivity contribution in [1.29, 1.82) is 0 Å². The van der Waals surface area contributed by atoms with Gasteiger partial charge in [0.1, 0.15) is 11.4 Å². The van der Waals surface area contributed by atoms with E-state index in [9.17, 15) is 4.79 Å². The van der Waals surface area contributed by atoms with Crippen molar-refractivity contribution < 1.29 is 18.3 Å². The Balaban J connectivity index is 1.13. The van der Waals surface area contributed by atoms with Gasteiger partial charge in [0, 0.05) is 22.7 Å². The van der Waals surface area contributed by atoms with Crippen LogP contribution in [-0.2, 0) is 10.7 Å². The van der Waals surface area contributed by atoms with E-state index in [1.807, 2.05) is 56.0 Å². The van der Waals surface area contributed by atoms with Crippen LogP contribution in [0.3, 0.4) is 0 Å². The van der Waals surface area contributed by atoms with Gasteiger partial charge < -0.3 is 14.7 Å². The van der Waals surface area contributed by atoms with Crippen LogP contribution >= 0.6 is 0 Å². The lowest BCUT2D eigenvalue weighted by molar-refractivity contribution is 0.00575. The molecule has 3 heterocycles. The number of aromatic amines is 2. The molecule has 2 fully saturated rings. The van der Waals surface area contributed by atoms with Crippen LogP contribution in [0.1, 0.15) is 63.5 Å². The number of hydrogen-bond donors (Lipinski definition) is 2. The Bertz CT molecular complexity index is 1940. The maximum absolute atomic E-state index is 15.9. The van der Waals surface area contributed by atoms with Gasteiger partial charge in [-0.15, -0.1) is 0 Å². The highest BCUT2D eigenvalue weighted by Crippen LogP contribution is 2.54. The number of nitrogens with one attached hydrogen (secondary N) is 2. The zero-order valence-electron chi connectivity index (χ0n) is 25.0. The number of halogens is 2. The number of carbonyl (C=O) groups excluding carboxylic acids is 1. The Morgan fingerprint density at radius 3 is 2.36 bits per heavy atom. The smallest absolute Gasteiger partial charge is 0.411 e. The highest BCUT2D eigenvalue weighted by atomic mass is 19.3. The van der Waals surface area contributed by atoms with Crippen molar-refractivity contribution >= 4 is 17.1 Å². The van der Waals surface area contributed by atoms with Gasteiger partial charge in [0.15, 0.2) is 0 Å². The van der Waals surface area contributed by atoms with Crippen LogP contribution in [0.15, 0.2) is 67.1 Å². The predicted molar refractivity (Wildman–Crippen MR) is 164 cm³/mol. The summed E-state index contributed by atoms with van der Waals surface area (Å²) in [5, 5.41) is 0. The second kappa shape index (κ2) is 9.24. The number of carbonyl (C=O) groups is 1. The van der Waals surface area contributed by atoms with Crippen LogP contribution in [0.4, 0.5) is 13.6 Å². The van der Waals surface area contributed by atoms with E-state index in [0.29, 0.717) is 39.8 Å². The number of likely N-dealkylation sites (tertiary alicyclic amines) is 1. The molecule has 1 saturated heterocycles. The number of aromatic nitrogens is 4. The number of benzene rings is 3. The van der Waals surface area contributed by atoms with E-state index in [1.165, 1.54) is 6.33 Å². The number of ether oxygens (including phenoxy) is 1. The second-order valence-corrected chi connectivity index (χ2v) is 13.4. The number of fused-ring (bicyclic) bond motifs is 6. The van der Waals surface area contributed by atoms with Gasteiger partial charge in [0.2, 0.25) is 0 Å². The number of rotatable bonds is 3. The van der Waals surface area contributed by atoms with E-state index in [0.717, 1.165) is 35.3 Å². The topological polar surface area (TPSA) is 86.9 Å². The van der Waals surface area contributed by atoms with Crippen LogP contribution in [0.25, 0.3) is 44.5 Å². The fourth-order valence-electron chi connectivity index (χ4n) is 7.66. The van der Waals surface area contributed by atoms with Crippen molar-refractivity contribution in [3.05, 3.63) is 84.1 Å². The third kappa shape index (κ3) is 4.01. The second-order valence-electron chi connectivity index (χ2n) is 13.4. The predicted octanol–water partition coefficient (Wildman–Crippen LogP) is 8.45. The number of piperidine rings is 1. The molecule has 0 spiro atoms. The molecule has 2 aromatic heterocycles. The minimum absolute atomic E-state index is 0.0000405. The molecule has 9 heteroatoms. The van der Waals surface area contributed by atoms with Gasteiger partial charge >= 0.3 is 6.09 Å². The standard InChI is InChI=1S/C35H33F2N5O2/c1-18-22-10-12-30(18)42(33(43)44-34(2,3)4)31(22)32-40-27-11-7-20(15-28(27)41-32)19-5-8-23-24-9-6-21(29-16-38-17-39-29)14-26(24)35(36,37)25(23)13-19/h5-9,11,13-18,22,30-31H,10,12H2,1-4H3,(H,38,39)(H,40,41)/t18-,22-,30+,31-/m0/s1. The summed E-state index contributed by atoms with van der Waals surface area (Å²) in [7, 11) is 0. The maximum Gasteiger partial charge on any atom is 0.411 e. The van der Waals surface area contributed by atoms with Crippen molar-refractivity contribution in [2.24, 2.45) is 11.8 Å². The first-order chi connectivity index (χ1) is 21.0. The van der Waals surface area contributed by atoms with E-state index in [1.54, 1.807) is 30.5 Å². The molecule has 0 unspecified atom stereocenters. The van der Waals surface area contributed by atoms with Gasteiger partial charge in [0.05, 0.1) is 35.3 Å². The third-order valence-electron chi connectivity index (χ3n) is 9.67. The van der Waals surface area contributed by atoms with Gasteiger partial charge in [-0.1, -0.05) is 37.3 Å². The number of H-pyrrole nitrogens is 2. The monoisotopic (exact) mass is 593 g/mol. The minimum atomic E-state index is -3.13. The molecule has 5 aromatic rings. The molecule has 1 amide bonds. The average molecular weight is 594 g/mol. The first-order valence-electron chi connectivity index (χ1n) is 15.2. The average Bonchev–Trinajstić information content (AvgIpc) is 3.81. The van der Waals surface area contributed by atoms with Crippen LogP contribution in [-0.4, -0.2) is 42.6 Å². The molecule has 3 aliphatic rings. The Kier molecular flexibility index (Phi) is 5.68. The number of hydrogen-bond acceptors (Lipinski definition) is 4. The largest absolute Gasteiger partial charge is 0.444 e. The lowest BCUT2D eigenvalue weighted by Crippen LogP contribution is -2.43. The highest BCUT2D eigenvalue weighted by Gasteiger charge is 2.55. The summed E-state index contributed by atoms with van der Waals surface area (Å²) in [6, 6.07) is 16.2. The van der Waals surface area contributed by atoms with Gasteiger partial charge in [-0.25, -0.2) is 14.8 Å². The lowest BCUT2D eigenvalue weighted by atomic mass is 9.93. The first kappa shape index (κ1) is 27.0. The molecule has 3 aromatic carbocycles. The van der Waals surface area contributed by atoms with Crippen molar-refractivity contribution in [2.75, 3.05) is 0 Å². The molecule has 8 rings (SSSR count). The first-order valence-corrected chi connectivity index (χ1v) is 15.2. The van der Waals surface area contributed by atoms with Crippen molar-refractivity contribution in [2.45, 2.75) is 64.1 Å².